The second-order valence-corrected chi connectivity index (χ2v) is 4.74. The molecule has 0 bridgehead atoms. The molecule has 5 heteroatoms. The Morgan fingerprint density at radius 1 is 1.53 bits per heavy atom. The van der Waals surface area contributed by atoms with Crippen LogP contribution in [0.2, 0.25) is 0 Å². The molecule has 0 amide bonds. The standard InChI is InChI=1S/C12H13FN2OS/c1-8-14-12(7-17-8)11(6-16)15-10-4-2-3-9(13)5-10/h2-5,7,11,15-16H,6H2,1H3. The molecule has 2 N–H and O–H groups in total. The summed E-state index contributed by atoms with van der Waals surface area (Å²) < 4.78 is 13.0. The van der Waals surface area contributed by atoms with Crippen LogP contribution >= 0.6 is 11.3 Å². The largest absolute Gasteiger partial charge is 0.394 e. The smallest absolute Gasteiger partial charge is 0.125 e. The topological polar surface area (TPSA) is 45.2 Å². The van der Waals surface area contributed by atoms with Crippen molar-refractivity contribution in [1.29, 1.82) is 0 Å². The van der Waals surface area contributed by atoms with Crippen molar-refractivity contribution < 1.29 is 9.50 Å². The highest BCUT2D eigenvalue weighted by Gasteiger charge is 2.13. The van der Waals surface area contributed by atoms with E-state index in [1.54, 1.807) is 12.1 Å². The van der Waals surface area contributed by atoms with Crippen LogP contribution in [0.3, 0.4) is 0 Å². The maximum atomic E-state index is 13.0. The first kappa shape index (κ1) is 12.0. The predicted octanol–water partition coefficient (Wildman–Crippen LogP) is 2.74. The molecule has 1 aromatic heterocycles. The predicted molar refractivity (Wildman–Crippen MR) is 66.7 cm³/mol. The number of hydrogen-bond acceptors (Lipinski definition) is 4. The molecule has 3 nitrogen and oxygen atoms in total. The first-order valence-electron chi connectivity index (χ1n) is 5.24. The molecular formula is C12H13FN2OS. The molecule has 0 saturated heterocycles. The molecule has 1 atom stereocenters. The highest BCUT2D eigenvalue weighted by Crippen LogP contribution is 2.21. The van der Waals surface area contributed by atoms with Gasteiger partial charge in [0.15, 0.2) is 0 Å². The van der Waals surface area contributed by atoms with E-state index in [9.17, 15) is 9.50 Å². The Balaban J connectivity index is 2.15. The van der Waals surface area contributed by atoms with E-state index >= 15 is 0 Å². The molecule has 0 radical (unpaired) electrons. The Morgan fingerprint density at radius 3 is 2.94 bits per heavy atom. The minimum atomic E-state index is -0.304. The van der Waals surface area contributed by atoms with Gasteiger partial charge in [-0.1, -0.05) is 6.07 Å². The van der Waals surface area contributed by atoms with Crippen LogP contribution in [0.5, 0.6) is 0 Å². The second kappa shape index (κ2) is 5.25. The number of nitrogens with one attached hydrogen (secondary N) is 1. The molecule has 0 spiro atoms. The average Bonchev–Trinajstić information content (AvgIpc) is 2.73. The van der Waals surface area contributed by atoms with Gasteiger partial charge in [-0.2, -0.15) is 0 Å². The number of aliphatic hydroxyl groups excluding tert-OH is 1. The molecule has 0 fully saturated rings. The van der Waals surface area contributed by atoms with E-state index < -0.39 is 0 Å². The van der Waals surface area contributed by atoms with Crippen LogP contribution < -0.4 is 5.32 Å². The molecule has 1 heterocycles. The van der Waals surface area contributed by atoms with Crippen molar-refractivity contribution in [1.82, 2.24) is 4.98 Å². The Bertz CT molecular complexity index is 501. The van der Waals surface area contributed by atoms with Crippen LogP contribution in [0, 0.1) is 12.7 Å². The number of benzene rings is 1. The third kappa shape index (κ3) is 3.01. The van der Waals surface area contributed by atoms with E-state index in [1.807, 2.05) is 12.3 Å². The number of aliphatic hydroxyl groups is 1. The Hall–Kier alpha value is -1.46. The van der Waals surface area contributed by atoms with E-state index in [2.05, 4.69) is 10.3 Å². The summed E-state index contributed by atoms with van der Waals surface area (Å²) in [6, 6.07) is 5.85. The van der Waals surface area contributed by atoms with Crippen LogP contribution in [0.4, 0.5) is 10.1 Å². The quantitative estimate of drug-likeness (QED) is 0.879. The summed E-state index contributed by atoms with van der Waals surface area (Å²) in [5.74, 6) is -0.304. The van der Waals surface area contributed by atoms with Gasteiger partial charge in [-0.25, -0.2) is 9.37 Å². The van der Waals surface area contributed by atoms with Gasteiger partial charge < -0.3 is 10.4 Å². The number of hydrogen-bond donors (Lipinski definition) is 2. The van der Waals surface area contributed by atoms with Crippen LogP contribution in [0.15, 0.2) is 29.6 Å². The molecular weight excluding hydrogens is 239 g/mol. The number of rotatable bonds is 4. The maximum absolute atomic E-state index is 13.0. The third-order valence-electron chi connectivity index (χ3n) is 2.34. The van der Waals surface area contributed by atoms with Crippen LogP contribution in [0.25, 0.3) is 0 Å². The van der Waals surface area contributed by atoms with Crippen molar-refractivity contribution in [3.63, 3.8) is 0 Å². The van der Waals surface area contributed by atoms with Crippen molar-refractivity contribution in [2.45, 2.75) is 13.0 Å². The van der Waals surface area contributed by atoms with Gasteiger partial charge in [0.05, 0.1) is 23.4 Å². The molecule has 0 aliphatic carbocycles. The fourth-order valence-corrected chi connectivity index (χ4v) is 2.20. The summed E-state index contributed by atoms with van der Waals surface area (Å²) in [5, 5.41) is 15.2. The highest BCUT2D eigenvalue weighted by atomic mass is 32.1. The molecule has 2 rings (SSSR count). The molecule has 17 heavy (non-hydrogen) atoms. The van der Waals surface area contributed by atoms with Gasteiger partial charge in [-0.15, -0.1) is 11.3 Å². The zero-order chi connectivity index (χ0) is 12.3. The summed E-state index contributed by atoms with van der Waals surface area (Å²) in [6.07, 6.45) is 0. The zero-order valence-electron chi connectivity index (χ0n) is 9.35. The second-order valence-electron chi connectivity index (χ2n) is 3.68. The molecule has 1 unspecified atom stereocenters. The van der Waals surface area contributed by atoms with Gasteiger partial charge >= 0.3 is 0 Å². The fourth-order valence-electron chi connectivity index (χ4n) is 1.53. The molecule has 0 saturated carbocycles. The van der Waals surface area contributed by atoms with Gasteiger partial charge in [0.2, 0.25) is 0 Å². The average molecular weight is 252 g/mol. The van der Waals surface area contributed by atoms with Crippen molar-refractivity contribution >= 4 is 17.0 Å². The monoisotopic (exact) mass is 252 g/mol. The van der Waals surface area contributed by atoms with Crippen LogP contribution in [0.1, 0.15) is 16.7 Å². The SMILES string of the molecule is Cc1nc(C(CO)Nc2cccc(F)c2)cs1. The van der Waals surface area contributed by atoms with E-state index in [0.717, 1.165) is 10.7 Å². The minimum Gasteiger partial charge on any atom is -0.394 e. The summed E-state index contributed by atoms with van der Waals surface area (Å²) in [4.78, 5) is 4.30. The summed E-state index contributed by atoms with van der Waals surface area (Å²) in [7, 11) is 0. The lowest BCUT2D eigenvalue weighted by atomic mass is 10.2. The van der Waals surface area contributed by atoms with Crippen molar-refractivity contribution in [2.24, 2.45) is 0 Å². The lowest BCUT2D eigenvalue weighted by Crippen LogP contribution is -2.15. The van der Waals surface area contributed by atoms with Gasteiger partial charge in [-0.3, -0.25) is 0 Å². The number of aromatic nitrogens is 1. The molecule has 90 valence electrons. The lowest BCUT2D eigenvalue weighted by molar-refractivity contribution is 0.274. The van der Waals surface area contributed by atoms with Crippen LogP contribution in [-0.2, 0) is 0 Å². The minimum absolute atomic E-state index is 0.0836. The van der Waals surface area contributed by atoms with Crippen molar-refractivity contribution in [3.05, 3.63) is 46.2 Å². The molecule has 0 aliphatic heterocycles. The molecule has 2 aromatic rings. The first-order chi connectivity index (χ1) is 8.19. The zero-order valence-corrected chi connectivity index (χ0v) is 10.2. The van der Waals surface area contributed by atoms with E-state index in [-0.39, 0.29) is 18.5 Å². The van der Waals surface area contributed by atoms with E-state index in [1.165, 1.54) is 23.5 Å². The Kier molecular flexibility index (Phi) is 3.71. The van der Waals surface area contributed by atoms with Gasteiger partial charge in [0.1, 0.15) is 5.82 Å². The number of thiazole rings is 1. The van der Waals surface area contributed by atoms with Crippen LogP contribution in [-0.4, -0.2) is 16.7 Å². The van der Waals surface area contributed by atoms with Gasteiger partial charge in [0.25, 0.3) is 0 Å². The fraction of sp³-hybridized carbons (Fsp3) is 0.250. The highest BCUT2D eigenvalue weighted by molar-refractivity contribution is 7.09. The van der Waals surface area contributed by atoms with E-state index in [0.29, 0.717) is 5.69 Å². The Labute approximate surface area is 103 Å². The van der Waals surface area contributed by atoms with E-state index in [4.69, 9.17) is 0 Å². The molecule has 1 aromatic carbocycles. The third-order valence-corrected chi connectivity index (χ3v) is 3.13. The summed E-state index contributed by atoms with van der Waals surface area (Å²) in [6.45, 7) is 1.82. The number of aryl methyl sites for hydroxylation is 1. The summed E-state index contributed by atoms with van der Waals surface area (Å²) >= 11 is 1.53. The van der Waals surface area contributed by atoms with Gasteiger partial charge in [-0.05, 0) is 25.1 Å². The summed E-state index contributed by atoms with van der Waals surface area (Å²) in [5.41, 5.74) is 1.41. The maximum Gasteiger partial charge on any atom is 0.125 e. The number of nitrogens with zero attached hydrogens (tertiary/aromatic N) is 1. The van der Waals surface area contributed by atoms with Gasteiger partial charge in [0, 0.05) is 11.1 Å². The molecule has 0 aliphatic rings. The van der Waals surface area contributed by atoms with Crippen molar-refractivity contribution in [3.8, 4) is 0 Å². The normalized spacial score (nSPS) is 12.4. The lowest BCUT2D eigenvalue weighted by Gasteiger charge is -2.15. The number of halogens is 1. The number of anilines is 1. The first-order valence-corrected chi connectivity index (χ1v) is 6.12. The Morgan fingerprint density at radius 2 is 2.35 bits per heavy atom. The van der Waals surface area contributed by atoms with Crippen molar-refractivity contribution in [2.75, 3.05) is 11.9 Å².